The molecule has 1 saturated heterocycles. The van der Waals surface area contributed by atoms with Gasteiger partial charge in [-0.25, -0.2) is 4.98 Å². The zero-order valence-electron chi connectivity index (χ0n) is 12.8. The van der Waals surface area contributed by atoms with Crippen molar-refractivity contribution >= 4 is 22.2 Å². The molecule has 1 amide bonds. The van der Waals surface area contributed by atoms with E-state index in [1.807, 2.05) is 41.6 Å². The van der Waals surface area contributed by atoms with Crippen LogP contribution in [0, 0.1) is 5.92 Å². The zero-order chi connectivity index (χ0) is 15.8. The van der Waals surface area contributed by atoms with E-state index in [0.717, 1.165) is 22.8 Å². The van der Waals surface area contributed by atoms with Gasteiger partial charge >= 0.3 is 0 Å². The van der Waals surface area contributed by atoms with E-state index in [0.29, 0.717) is 13.1 Å². The molecule has 1 fully saturated rings. The predicted molar refractivity (Wildman–Crippen MR) is 87.2 cm³/mol. The third-order valence-electron chi connectivity index (χ3n) is 4.29. The molecule has 3 aromatic heterocycles. The number of hydrogen-bond acceptors (Lipinski definition) is 5. The van der Waals surface area contributed by atoms with Crippen LogP contribution in [-0.2, 0) is 18.4 Å². The molecule has 0 spiro atoms. The maximum Gasteiger partial charge on any atom is 0.225 e. The average Bonchev–Trinajstić information content (AvgIpc) is 3.27. The fraction of sp³-hybridized carbons (Fsp3) is 0.400. The van der Waals surface area contributed by atoms with E-state index >= 15 is 0 Å². The second-order valence-electron chi connectivity index (χ2n) is 5.86. The van der Waals surface area contributed by atoms with Crippen molar-refractivity contribution in [3.05, 3.63) is 41.4 Å². The third-order valence-corrected chi connectivity index (χ3v) is 5.06. The predicted octanol–water partition coefficient (Wildman–Crippen LogP) is 0.749. The third kappa shape index (κ3) is 2.75. The van der Waals surface area contributed by atoms with Crippen molar-refractivity contribution in [2.24, 2.45) is 13.0 Å². The van der Waals surface area contributed by atoms with Crippen LogP contribution in [0.4, 0.5) is 0 Å². The van der Waals surface area contributed by atoms with E-state index in [9.17, 15) is 4.79 Å². The number of nitrogens with one attached hydrogen (secondary N) is 2. The van der Waals surface area contributed by atoms with Crippen LogP contribution in [-0.4, -0.2) is 38.2 Å². The van der Waals surface area contributed by atoms with Crippen LogP contribution in [0.2, 0.25) is 0 Å². The summed E-state index contributed by atoms with van der Waals surface area (Å²) >= 11 is 1.59. The fourth-order valence-corrected chi connectivity index (χ4v) is 3.83. The molecule has 3 aromatic rings. The van der Waals surface area contributed by atoms with Crippen LogP contribution in [0.5, 0.6) is 0 Å². The molecule has 0 bridgehead atoms. The molecule has 2 N–H and O–H groups in total. The van der Waals surface area contributed by atoms with Gasteiger partial charge in [0.15, 0.2) is 4.96 Å². The lowest BCUT2D eigenvalue weighted by atomic mass is 9.90. The van der Waals surface area contributed by atoms with Crippen molar-refractivity contribution in [2.45, 2.75) is 12.5 Å². The summed E-state index contributed by atoms with van der Waals surface area (Å²) in [5.41, 5.74) is 1.99. The maximum atomic E-state index is 12.6. The van der Waals surface area contributed by atoms with Gasteiger partial charge in [0.2, 0.25) is 5.91 Å². The quantitative estimate of drug-likeness (QED) is 0.740. The molecule has 2 atom stereocenters. The number of fused-ring (bicyclic) bond motifs is 1. The molecule has 0 saturated carbocycles. The lowest BCUT2D eigenvalue weighted by molar-refractivity contribution is -0.125. The number of rotatable bonds is 4. The van der Waals surface area contributed by atoms with Crippen LogP contribution in [0.3, 0.4) is 0 Å². The highest BCUT2D eigenvalue weighted by Crippen LogP contribution is 2.27. The maximum absolute atomic E-state index is 12.6. The summed E-state index contributed by atoms with van der Waals surface area (Å²) in [7, 11) is 1.89. The number of amides is 1. The molecule has 23 heavy (non-hydrogen) atoms. The SMILES string of the molecule is Cn1cc([C@H]2CNC[C@@H]2C(=O)NCc2cn3ccsc3n2)cn1. The summed E-state index contributed by atoms with van der Waals surface area (Å²) in [4.78, 5) is 18.0. The van der Waals surface area contributed by atoms with E-state index < -0.39 is 0 Å². The Balaban J connectivity index is 1.42. The molecular weight excluding hydrogens is 312 g/mol. The van der Waals surface area contributed by atoms with E-state index in [4.69, 9.17) is 0 Å². The molecule has 4 rings (SSSR count). The smallest absolute Gasteiger partial charge is 0.225 e. The first-order chi connectivity index (χ1) is 11.2. The summed E-state index contributed by atoms with van der Waals surface area (Å²) in [5, 5.41) is 12.5. The van der Waals surface area contributed by atoms with Crippen LogP contribution in [0.15, 0.2) is 30.2 Å². The van der Waals surface area contributed by atoms with Crippen LogP contribution >= 0.6 is 11.3 Å². The minimum absolute atomic E-state index is 0.0667. The van der Waals surface area contributed by atoms with Crippen LogP contribution < -0.4 is 10.6 Å². The Kier molecular flexibility index (Phi) is 3.62. The molecule has 4 heterocycles. The molecule has 0 aromatic carbocycles. The minimum Gasteiger partial charge on any atom is -0.350 e. The van der Waals surface area contributed by atoms with E-state index in [1.54, 1.807) is 16.0 Å². The molecule has 0 aliphatic carbocycles. The first-order valence-corrected chi connectivity index (χ1v) is 8.47. The number of thiazole rings is 1. The summed E-state index contributed by atoms with van der Waals surface area (Å²) in [6.07, 6.45) is 7.76. The van der Waals surface area contributed by atoms with Crippen LogP contribution in [0.25, 0.3) is 4.96 Å². The number of aromatic nitrogens is 4. The number of nitrogens with zero attached hydrogens (tertiary/aromatic N) is 4. The number of hydrogen-bond donors (Lipinski definition) is 2. The number of imidazole rings is 1. The molecule has 1 aliphatic rings. The van der Waals surface area contributed by atoms with Gasteiger partial charge in [-0.15, -0.1) is 11.3 Å². The van der Waals surface area contributed by atoms with Gasteiger partial charge in [0.05, 0.1) is 24.4 Å². The van der Waals surface area contributed by atoms with Crippen molar-refractivity contribution in [1.29, 1.82) is 0 Å². The summed E-state index contributed by atoms with van der Waals surface area (Å²) < 4.78 is 3.75. The van der Waals surface area contributed by atoms with Crippen molar-refractivity contribution in [3.8, 4) is 0 Å². The second-order valence-corrected chi connectivity index (χ2v) is 6.73. The fourth-order valence-electron chi connectivity index (χ4n) is 3.11. The first kappa shape index (κ1) is 14.4. The van der Waals surface area contributed by atoms with E-state index in [1.165, 1.54) is 0 Å². The average molecular weight is 330 g/mol. The zero-order valence-corrected chi connectivity index (χ0v) is 13.6. The van der Waals surface area contributed by atoms with Gasteiger partial charge < -0.3 is 10.6 Å². The van der Waals surface area contributed by atoms with Gasteiger partial charge in [-0.1, -0.05) is 0 Å². The lowest BCUT2D eigenvalue weighted by Crippen LogP contribution is -2.34. The van der Waals surface area contributed by atoms with Crippen LogP contribution in [0.1, 0.15) is 17.2 Å². The number of aryl methyl sites for hydroxylation is 1. The normalized spacial score (nSPS) is 21.1. The van der Waals surface area contributed by atoms with Gasteiger partial charge in [0, 0.05) is 50.0 Å². The summed E-state index contributed by atoms with van der Waals surface area (Å²) in [6, 6.07) is 0. The molecule has 1 aliphatic heterocycles. The Hall–Kier alpha value is -2.19. The number of carbonyl (C=O) groups excluding carboxylic acids is 1. The van der Waals surface area contributed by atoms with Gasteiger partial charge in [-0.3, -0.25) is 13.9 Å². The first-order valence-electron chi connectivity index (χ1n) is 7.59. The molecule has 120 valence electrons. The Labute approximate surface area is 137 Å². The van der Waals surface area contributed by atoms with Crippen molar-refractivity contribution in [3.63, 3.8) is 0 Å². The Morgan fingerprint density at radius 3 is 3.17 bits per heavy atom. The Bertz CT molecular complexity index is 805. The standard InChI is InChI=1S/C15H18N6OS/c1-20-8-10(4-18-20)12-6-16-7-13(12)14(22)17-5-11-9-21-2-3-23-15(21)19-11/h2-4,8-9,12-13,16H,5-7H2,1H3,(H,17,22)/t12-,13+/m1/s1. The van der Waals surface area contributed by atoms with Crippen molar-refractivity contribution < 1.29 is 4.79 Å². The second kappa shape index (κ2) is 5.78. The number of carbonyl (C=O) groups is 1. The topological polar surface area (TPSA) is 76.2 Å². The van der Waals surface area contributed by atoms with Gasteiger partial charge in [-0.2, -0.15) is 5.10 Å². The van der Waals surface area contributed by atoms with E-state index in [2.05, 4.69) is 20.7 Å². The lowest BCUT2D eigenvalue weighted by Gasteiger charge is -2.16. The van der Waals surface area contributed by atoms with E-state index in [-0.39, 0.29) is 17.7 Å². The summed E-state index contributed by atoms with van der Waals surface area (Å²) in [5.74, 6) is 0.178. The highest BCUT2D eigenvalue weighted by atomic mass is 32.1. The molecule has 7 nitrogen and oxygen atoms in total. The summed E-state index contributed by atoms with van der Waals surface area (Å²) in [6.45, 7) is 1.97. The molecular formula is C15H18N6OS. The van der Waals surface area contributed by atoms with Crippen molar-refractivity contribution in [1.82, 2.24) is 29.8 Å². The van der Waals surface area contributed by atoms with Gasteiger partial charge in [0.1, 0.15) is 0 Å². The van der Waals surface area contributed by atoms with Gasteiger partial charge in [0.25, 0.3) is 0 Å². The molecule has 0 unspecified atom stereocenters. The highest BCUT2D eigenvalue weighted by molar-refractivity contribution is 7.15. The van der Waals surface area contributed by atoms with Gasteiger partial charge in [-0.05, 0) is 5.56 Å². The minimum atomic E-state index is -0.0667. The Morgan fingerprint density at radius 1 is 1.48 bits per heavy atom. The Morgan fingerprint density at radius 2 is 2.39 bits per heavy atom. The largest absolute Gasteiger partial charge is 0.350 e. The highest BCUT2D eigenvalue weighted by Gasteiger charge is 2.34. The molecule has 8 heteroatoms. The van der Waals surface area contributed by atoms with Crippen molar-refractivity contribution in [2.75, 3.05) is 13.1 Å². The monoisotopic (exact) mass is 330 g/mol. The molecule has 0 radical (unpaired) electrons.